The predicted octanol–water partition coefficient (Wildman–Crippen LogP) is 0.804. The maximum absolute atomic E-state index is 12.5. The summed E-state index contributed by atoms with van der Waals surface area (Å²) in [7, 11) is -5.36. The summed E-state index contributed by atoms with van der Waals surface area (Å²) in [6.45, 7) is 1.15. The molecular weight excluding hydrogens is 366 g/mol. The highest BCUT2D eigenvalue weighted by Gasteiger charge is 2.37. The van der Waals surface area contributed by atoms with Crippen molar-refractivity contribution >= 4 is 25.6 Å². The Morgan fingerprint density at radius 2 is 1.92 bits per heavy atom. The molecule has 0 bridgehead atoms. The molecule has 0 spiro atoms. The normalized spacial score (nSPS) is 19.6. The van der Waals surface area contributed by atoms with Crippen molar-refractivity contribution in [3.05, 3.63) is 29.8 Å². The highest BCUT2D eigenvalue weighted by Crippen LogP contribution is 2.25. The predicted molar refractivity (Wildman–Crippen MR) is 94.1 cm³/mol. The zero-order chi connectivity index (χ0) is 18.5. The molecule has 7 nitrogen and oxygen atoms in total. The number of methoxy groups -OCH3 is 1. The Labute approximate surface area is 148 Å². The molecule has 140 valence electrons. The summed E-state index contributed by atoms with van der Waals surface area (Å²) in [6.07, 6.45) is 1.76. The molecule has 0 saturated carbocycles. The van der Waals surface area contributed by atoms with Crippen LogP contribution < -0.4 is 5.32 Å². The Morgan fingerprint density at radius 1 is 1.24 bits per heavy atom. The summed E-state index contributed by atoms with van der Waals surface area (Å²) in [5.74, 6) is -0.704. The van der Waals surface area contributed by atoms with Crippen LogP contribution in [0.5, 0.6) is 0 Å². The highest BCUT2D eigenvalue weighted by atomic mass is 32.2. The molecule has 1 aromatic rings. The van der Waals surface area contributed by atoms with Gasteiger partial charge in [0.25, 0.3) is 5.91 Å². The number of sulfone groups is 2. The molecule has 25 heavy (non-hydrogen) atoms. The van der Waals surface area contributed by atoms with Gasteiger partial charge in [-0.15, -0.1) is 0 Å². The topological polar surface area (TPSA) is 107 Å². The fourth-order valence-corrected chi connectivity index (χ4v) is 7.03. The minimum absolute atomic E-state index is 0.0474. The summed E-state index contributed by atoms with van der Waals surface area (Å²) in [6, 6.07) is 5.61. The van der Waals surface area contributed by atoms with Crippen LogP contribution in [0.15, 0.2) is 29.2 Å². The Balaban J connectivity index is 1.98. The van der Waals surface area contributed by atoms with Crippen LogP contribution >= 0.6 is 0 Å². The van der Waals surface area contributed by atoms with Gasteiger partial charge in [-0.2, -0.15) is 0 Å². The zero-order valence-corrected chi connectivity index (χ0v) is 15.7. The van der Waals surface area contributed by atoms with Gasteiger partial charge >= 0.3 is 0 Å². The first-order valence-electron chi connectivity index (χ1n) is 8.08. The molecule has 1 atom stereocenters. The molecule has 0 radical (unpaired) electrons. The molecular formula is C16H23NO6S2. The van der Waals surface area contributed by atoms with Crippen molar-refractivity contribution in [2.75, 3.05) is 31.8 Å². The van der Waals surface area contributed by atoms with Crippen molar-refractivity contribution < 1.29 is 26.4 Å². The van der Waals surface area contributed by atoms with E-state index in [0.717, 1.165) is 12.8 Å². The standard InChI is InChI=1S/C16H23NO6S2/c1-23-10-3-2-9-17-16(18)13-4-6-14(7-5-13)25(21,22)15-8-11-24(19,20)12-15/h4-7,15H,2-3,8-12H2,1H3,(H,17,18). The first-order chi connectivity index (χ1) is 11.8. The van der Waals surface area contributed by atoms with Gasteiger partial charge in [-0.05, 0) is 43.5 Å². The molecule has 1 aromatic carbocycles. The van der Waals surface area contributed by atoms with Gasteiger partial charge in [-0.25, -0.2) is 16.8 Å². The molecule has 1 saturated heterocycles. The van der Waals surface area contributed by atoms with Gasteiger partial charge in [0.05, 0.1) is 21.7 Å². The number of rotatable bonds is 8. The van der Waals surface area contributed by atoms with E-state index in [1.807, 2.05) is 0 Å². The number of unbranched alkanes of at least 4 members (excludes halogenated alkanes) is 1. The number of ether oxygens (including phenoxy) is 1. The van der Waals surface area contributed by atoms with Crippen molar-refractivity contribution in [3.8, 4) is 0 Å². The van der Waals surface area contributed by atoms with E-state index in [-0.39, 0.29) is 28.7 Å². The van der Waals surface area contributed by atoms with Gasteiger partial charge in [0, 0.05) is 25.8 Å². The van der Waals surface area contributed by atoms with Crippen LogP contribution in [0.3, 0.4) is 0 Å². The van der Waals surface area contributed by atoms with E-state index < -0.39 is 24.9 Å². The molecule has 0 aromatic heterocycles. The molecule has 1 aliphatic heterocycles. The van der Waals surface area contributed by atoms with Crippen LogP contribution in [-0.4, -0.2) is 59.8 Å². The van der Waals surface area contributed by atoms with E-state index in [4.69, 9.17) is 4.74 Å². The quantitative estimate of drug-likeness (QED) is 0.659. The van der Waals surface area contributed by atoms with Crippen LogP contribution in [0.25, 0.3) is 0 Å². The van der Waals surface area contributed by atoms with E-state index in [9.17, 15) is 21.6 Å². The molecule has 2 rings (SSSR count). The lowest BCUT2D eigenvalue weighted by molar-refractivity contribution is 0.0951. The van der Waals surface area contributed by atoms with Gasteiger partial charge in [0.2, 0.25) is 0 Å². The smallest absolute Gasteiger partial charge is 0.251 e. The molecule has 1 unspecified atom stereocenters. The van der Waals surface area contributed by atoms with Crippen LogP contribution in [0, 0.1) is 0 Å². The van der Waals surface area contributed by atoms with Crippen molar-refractivity contribution in [1.29, 1.82) is 0 Å². The van der Waals surface area contributed by atoms with E-state index in [2.05, 4.69) is 5.32 Å². The number of nitrogens with one attached hydrogen (secondary N) is 1. The first kappa shape index (κ1) is 19.9. The summed E-state index contributed by atoms with van der Waals surface area (Å²) >= 11 is 0. The van der Waals surface area contributed by atoms with Gasteiger partial charge in [0.1, 0.15) is 0 Å². The molecule has 0 aliphatic carbocycles. The fraction of sp³-hybridized carbons (Fsp3) is 0.562. The Morgan fingerprint density at radius 3 is 2.48 bits per heavy atom. The summed E-state index contributed by atoms with van der Waals surface area (Å²) in [4.78, 5) is 12.1. The Kier molecular flexibility index (Phi) is 6.59. The van der Waals surface area contributed by atoms with Crippen LogP contribution in [-0.2, 0) is 24.4 Å². The third kappa shape index (κ3) is 5.26. The van der Waals surface area contributed by atoms with Crippen LogP contribution in [0.1, 0.15) is 29.6 Å². The highest BCUT2D eigenvalue weighted by molar-refractivity contribution is 7.96. The second kappa shape index (κ2) is 8.29. The lowest BCUT2D eigenvalue weighted by Crippen LogP contribution is -2.25. The number of hydrogen-bond acceptors (Lipinski definition) is 6. The monoisotopic (exact) mass is 389 g/mol. The molecule has 1 fully saturated rings. The number of carbonyl (C=O) groups excluding carboxylic acids is 1. The van der Waals surface area contributed by atoms with Crippen LogP contribution in [0.2, 0.25) is 0 Å². The maximum Gasteiger partial charge on any atom is 0.251 e. The SMILES string of the molecule is COCCCCNC(=O)c1ccc(S(=O)(=O)C2CCS(=O)(=O)C2)cc1. The van der Waals surface area contributed by atoms with E-state index in [1.54, 1.807) is 7.11 Å². The van der Waals surface area contributed by atoms with Gasteiger partial charge < -0.3 is 10.1 Å². The molecule has 1 heterocycles. The fourth-order valence-electron chi connectivity index (χ4n) is 2.67. The maximum atomic E-state index is 12.5. The van der Waals surface area contributed by atoms with E-state index >= 15 is 0 Å². The average molecular weight is 389 g/mol. The van der Waals surface area contributed by atoms with E-state index in [1.165, 1.54) is 24.3 Å². The first-order valence-corrected chi connectivity index (χ1v) is 11.4. The van der Waals surface area contributed by atoms with Crippen molar-refractivity contribution in [2.24, 2.45) is 0 Å². The third-order valence-corrected chi connectivity index (χ3v) is 8.32. The van der Waals surface area contributed by atoms with Crippen molar-refractivity contribution in [1.82, 2.24) is 5.32 Å². The van der Waals surface area contributed by atoms with Crippen molar-refractivity contribution in [3.63, 3.8) is 0 Å². The van der Waals surface area contributed by atoms with Gasteiger partial charge in [-0.3, -0.25) is 4.79 Å². The molecule has 1 aliphatic rings. The second-order valence-electron chi connectivity index (χ2n) is 6.05. The minimum Gasteiger partial charge on any atom is -0.385 e. The third-order valence-electron chi connectivity index (χ3n) is 4.14. The second-order valence-corrected chi connectivity index (χ2v) is 10.5. The van der Waals surface area contributed by atoms with Gasteiger partial charge in [0.15, 0.2) is 19.7 Å². The Bertz CT molecular complexity index is 800. The zero-order valence-electron chi connectivity index (χ0n) is 14.1. The number of benzene rings is 1. The minimum atomic E-state index is -3.70. The lowest BCUT2D eigenvalue weighted by Gasteiger charge is -2.11. The molecule has 1 N–H and O–H groups in total. The largest absolute Gasteiger partial charge is 0.385 e. The Hall–Kier alpha value is -1.45. The van der Waals surface area contributed by atoms with Crippen molar-refractivity contribution in [2.45, 2.75) is 29.4 Å². The van der Waals surface area contributed by atoms with E-state index in [0.29, 0.717) is 18.7 Å². The number of carbonyl (C=O) groups is 1. The molecule has 1 amide bonds. The lowest BCUT2D eigenvalue weighted by atomic mass is 10.2. The average Bonchev–Trinajstić information content (AvgIpc) is 2.95. The number of hydrogen-bond donors (Lipinski definition) is 1. The van der Waals surface area contributed by atoms with Gasteiger partial charge in [-0.1, -0.05) is 0 Å². The summed E-state index contributed by atoms with van der Waals surface area (Å²) in [5.41, 5.74) is 0.365. The summed E-state index contributed by atoms with van der Waals surface area (Å²) in [5, 5.41) is 1.85. The summed E-state index contributed by atoms with van der Waals surface area (Å²) < 4.78 is 52.9. The molecule has 9 heteroatoms. The number of amides is 1. The van der Waals surface area contributed by atoms with Crippen LogP contribution in [0.4, 0.5) is 0 Å².